The Balaban J connectivity index is 1.44. The van der Waals surface area contributed by atoms with E-state index in [1.54, 1.807) is 11.3 Å². The number of rotatable bonds is 4. The summed E-state index contributed by atoms with van der Waals surface area (Å²) in [4.78, 5) is 14.2. The normalized spacial score (nSPS) is 19.1. The fraction of sp³-hybridized carbons (Fsp3) is 0.357. The fourth-order valence-corrected chi connectivity index (χ4v) is 3.69. The van der Waals surface area contributed by atoms with E-state index in [0.717, 1.165) is 31.1 Å². The van der Waals surface area contributed by atoms with E-state index in [4.69, 9.17) is 0 Å². The van der Waals surface area contributed by atoms with Crippen LogP contribution in [0.1, 0.15) is 12.0 Å². The Bertz CT molecular complexity index is 539. The van der Waals surface area contributed by atoms with Crippen LogP contribution in [-0.2, 0) is 6.54 Å². The van der Waals surface area contributed by atoms with E-state index in [0.29, 0.717) is 0 Å². The number of hydrogen-bond donors (Lipinski definition) is 2. The molecule has 1 fully saturated rings. The van der Waals surface area contributed by atoms with Gasteiger partial charge in [0, 0.05) is 25.7 Å². The quantitative estimate of drug-likeness (QED) is 0.911. The van der Waals surface area contributed by atoms with Crippen molar-refractivity contribution in [1.82, 2.24) is 10.2 Å². The van der Waals surface area contributed by atoms with Crippen molar-refractivity contribution in [2.24, 2.45) is 0 Å². The van der Waals surface area contributed by atoms with Gasteiger partial charge in [0.25, 0.3) is 0 Å². The predicted octanol–water partition coefficient (Wildman–Crippen LogP) is 3.21. The molecule has 2 aromatic heterocycles. The summed E-state index contributed by atoms with van der Waals surface area (Å²) >= 11 is 3.26. The van der Waals surface area contributed by atoms with Gasteiger partial charge in [0.05, 0.1) is 5.00 Å². The fourth-order valence-electron chi connectivity index (χ4n) is 2.42. The number of likely N-dealkylation sites (tertiary alicyclic amines) is 1. The van der Waals surface area contributed by atoms with Crippen LogP contribution in [0.15, 0.2) is 34.3 Å². The minimum absolute atomic E-state index is 0.102. The minimum atomic E-state index is -0.102. The summed E-state index contributed by atoms with van der Waals surface area (Å²) in [6, 6.07) is 6.14. The summed E-state index contributed by atoms with van der Waals surface area (Å²) in [5.74, 6) is 0. The standard InChI is InChI=1S/C14H17N3OS2/c18-14(16-13-2-1-6-20-13)15-12-3-5-17(9-12)8-11-4-7-19-10-11/h1-2,4,6-7,10,12H,3,5,8-9H2,(H2,15,16,18)/t12-/m0/s1. The van der Waals surface area contributed by atoms with Crippen LogP contribution in [0.2, 0.25) is 0 Å². The molecule has 1 aliphatic heterocycles. The zero-order valence-corrected chi connectivity index (χ0v) is 12.7. The van der Waals surface area contributed by atoms with Gasteiger partial charge in [-0.2, -0.15) is 11.3 Å². The van der Waals surface area contributed by atoms with Crippen molar-refractivity contribution in [2.75, 3.05) is 18.4 Å². The van der Waals surface area contributed by atoms with Crippen LogP contribution in [0.3, 0.4) is 0 Å². The zero-order valence-electron chi connectivity index (χ0n) is 11.0. The molecule has 1 aliphatic rings. The average Bonchev–Trinajstić information content (AvgIpc) is 3.12. The lowest BCUT2D eigenvalue weighted by atomic mass is 10.3. The van der Waals surface area contributed by atoms with Gasteiger partial charge in [-0.15, -0.1) is 11.3 Å². The van der Waals surface area contributed by atoms with E-state index >= 15 is 0 Å². The number of nitrogens with zero attached hydrogens (tertiary/aromatic N) is 1. The van der Waals surface area contributed by atoms with Crippen LogP contribution in [0.25, 0.3) is 0 Å². The number of anilines is 1. The second-order valence-electron chi connectivity index (χ2n) is 4.93. The molecule has 0 aliphatic carbocycles. The smallest absolute Gasteiger partial charge is 0.320 e. The van der Waals surface area contributed by atoms with Crippen molar-refractivity contribution in [3.63, 3.8) is 0 Å². The molecule has 1 atom stereocenters. The van der Waals surface area contributed by atoms with Crippen LogP contribution >= 0.6 is 22.7 Å². The SMILES string of the molecule is O=C(Nc1cccs1)N[C@H]1CCN(Cc2ccsc2)C1. The Morgan fingerprint density at radius 3 is 3.10 bits per heavy atom. The number of thiophene rings is 2. The summed E-state index contributed by atoms with van der Waals surface area (Å²) in [7, 11) is 0. The lowest BCUT2D eigenvalue weighted by Gasteiger charge is -2.16. The molecule has 2 N–H and O–H groups in total. The molecule has 3 heterocycles. The Kier molecular flexibility index (Phi) is 4.34. The van der Waals surface area contributed by atoms with Crippen molar-refractivity contribution in [3.8, 4) is 0 Å². The second kappa shape index (κ2) is 6.39. The molecule has 0 spiro atoms. The van der Waals surface area contributed by atoms with Gasteiger partial charge >= 0.3 is 6.03 Å². The molecule has 4 nitrogen and oxygen atoms in total. The lowest BCUT2D eigenvalue weighted by Crippen LogP contribution is -2.39. The van der Waals surface area contributed by atoms with Gasteiger partial charge in [-0.1, -0.05) is 0 Å². The van der Waals surface area contributed by atoms with Crippen molar-refractivity contribution >= 4 is 33.7 Å². The molecule has 2 aromatic rings. The van der Waals surface area contributed by atoms with Crippen LogP contribution in [-0.4, -0.2) is 30.1 Å². The maximum Gasteiger partial charge on any atom is 0.320 e. The van der Waals surface area contributed by atoms with Gasteiger partial charge in [-0.05, 0) is 46.3 Å². The van der Waals surface area contributed by atoms with Gasteiger partial charge in [0.15, 0.2) is 0 Å². The Morgan fingerprint density at radius 1 is 1.40 bits per heavy atom. The van der Waals surface area contributed by atoms with Gasteiger partial charge in [-0.25, -0.2) is 4.79 Å². The molecule has 1 saturated heterocycles. The number of hydrogen-bond acceptors (Lipinski definition) is 4. The van der Waals surface area contributed by atoms with E-state index in [-0.39, 0.29) is 12.1 Å². The number of amides is 2. The molecule has 3 rings (SSSR count). The van der Waals surface area contributed by atoms with Crippen LogP contribution in [0, 0.1) is 0 Å². The van der Waals surface area contributed by atoms with E-state index in [2.05, 4.69) is 32.4 Å². The highest BCUT2D eigenvalue weighted by atomic mass is 32.1. The van der Waals surface area contributed by atoms with E-state index in [1.165, 1.54) is 16.9 Å². The molecule has 2 amide bonds. The van der Waals surface area contributed by atoms with Crippen LogP contribution in [0.4, 0.5) is 9.80 Å². The Morgan fingerprint density at radius 2 is 2.35 bits per heavy atom. The summed E-state index contributed by atoms with van der Waals surface area (Å²) in [6.45, 7) is 2.95. The molecule has 106 valence electrons. The molecule has 0 radical (unpaired) electrons. The van der Waals surface area contributed by atoms with Gasteiger partial charge < -0.3 is 5.32 Å². The third kappa shape index (κ3) is 3.59. The molecule has 0 bridgehead atoms. The maximum atomic E-state index is 11.9. The first-order valence-corrected chi connectivity index (χ1v) is 8.46. The first kappa shape index (κ1) is 13.6. The molecule has 0 aromatic carbocycles. The summed E-state index contributed by atoms with van der Waals surface area (Å²) in [5.41, 5.74) is 1.36. The highest BCUT2D eigenvalue weighted by molar-refractivity contribution is 7.14. The van der Waals surface area contributed by atoms with E-state index in [9.17, 15) is 4.79 Å². The minimum Gasteiger partial charge on any atom is -0.334 e. The largest absolute Gasteiger partial charge is 0.334 e. The Hall–Kier alpha value is -1.37. The van der Waals surface area contributed by atoms with Gasteiger partial charge in [0.1, 0.15) is 0 Å². The highest BCUT2D eigenvalue weighted by Gasteiger charge is 2.23. The van der Waals surface area contributed by atoms with E-state index in [1.807, 2.05) is 17.5 Å². The summed E-state index contributed by atoms with van der Waals surface area (Å²) in [6.07, 6.45) is 1.02. The molecular formula is C14H17N3OS2. The zero-order chi connectivity index (χ0) is 13.8. The third-order valence-corrected chi connectivity index (χ3v) is 4.87. The molecule has 6 heteroatoms. The number of nitrogens with one attached hydrogen (secondary N) is 2. The number of urea groups is 1. The number of carbonyl (C=O) groups is 1. The Labute approximate surface area is 126 Å². The van der Waals surface area contributed by atoms with E-state index < -0.39 is 0 Å². The van der Waals surface area contributed by atoms with Gasteiger partial charge in [0.2, 0.25) is 0 Å². The van der Waals surface area contributed by atoms with Crippen molar-refractivity contribution in [1.29, 1.82) is 0 Å². The molecule has 0 unspecified atom stereocenters. The lowest BCUT2D eigenvalue weighted by molar-refractivity contribution is 0.247. The first-order valence-electron chi connectivity index (χ1n) is 6.64. The third-order valence-electron chi connectivity index (χ3n) is 3.35. The highest BCUT2D eigenvalue weighted by Crippen LogP contribution is 2.17. The first-order chi connectivity index (χ1) is 9.79. The number of carbonyl (C=O) groups excluding carboxylic acids is 1. The molecule has 20 heavy (non-hydrogen) atoms. The van der Waals surface area contributed by atoms with Crippen molar-refractivity contribution in [3.05, 3.63) is 39.9 Å². The predicted molar refractivity (Wildman–Crippen MR) is 84.5 cm³/mol. The topological polar surface area (TPSA) is 44.4 Å². The molecular weight excluding hydrogens is 290 g/mol. The van der Waals surface area contributed by atoms with Crippen molar-refractivity contribution < 1.29 is 4.79 Å². The van der Waals surface area contributed by atoms with Gasteiger partial charge in [-0.3, -0.25) is 10.2 Å². The monoisotopic (exact) mass is 307 g/mol. The van der Waals surface area contributed by atoms with Crippen LogP contribution in [0.5, 0.6) is 0 Å². The summed E-state index contributed by atoms with van der Waals surface area (Å²) in [5, 5.41) is 13.0. The summed E-state index contributed by atoms with van der Waals surface area (Å²) < 4.78 is 0. The average molecular weight is 307 g/mol. The van der Waals surface area contributed by atoms with Crippen LogP contribution < -0.4 is 10.6 Å². The molecule has 0 saturated carbocycles. The maximum absolute atomic E-state index is 11.9. The second-order valence-corrected chi connectivity index (χ2v) is 6.66. The van der Waals surface area contributed by atoms with Crippen molar-refractivity contribution in [2.45, 2.75) is 19.0 Å².